The van der Waals surface area contributed by atoms with E-state index in [0.717, 1.165) is 11.8 Å². The highest BCUT2D eigenvalue weighted by Gasteiger charge is 2.05. The summed E-state index contributed by atoms with van der Waals surface area (Å²) < 4.78 is 22.3. The molecule has 0 radical (unpaired) electrons. The van der Waals surface area contributed by atoms with E-state index in [2.05, 4.69) is 4.99 Å². The van der Waals surface area contributed by atoms with Crippen LogP contribution in [0.15, 0.2) is 34.2 Å². The molecule has 1 rings (SSSR count). The first-order valence-electron chi connectivity index (χ1n) is 4.24. The van der Waals surface area contributed by atoms with E-state index in [0.29, 0.717) is 6.54 Å². The summed E-state index contributed by atoms with van der Waals surface area (Å²) >= 11 is 0. The van der Waals surface area contributed by atoms with Crippen molar-refractivity contribution in [3.63, 3.8) is 0 Å². The van der Waals surface area contributed by atoms with Gasteiger partial charge in [0.2, 0.25) is 0 Å². The van der Waals surface area contributed by atoms with E-state index in [1.807, 2.05) is 0 Å². The molecule has 0 saturated carbocycles. The third-order valence-electron chi connectivity index (χ3n) is 1.80. The number of hydrogen-bond acceptors (Lipinski definition) is 3. The summed E-state index contributed by atoms with van der Waals surface area (Å²) in [6.07, 6.45) is 1.16. The molecule has 0 atom stereocenters. The van der Waals surface area contributed by atoms with E-state index in [1.165, 1.54) is 12.1 Å². The van der Waals surface area contributed by atoms with Crippen molar-refractivity contribution in [3.05, 3.63) is 29.8 Å². The molecule has 5 nitrogen and oxygen atoms in total. The van der Waals surface area contributed by atoms with Crippen LogP contribution in [0.1, 0.15) is 5.56 Å². The minimum Gasteiger partial charge on any atom is -0.370 e. The van der Waals surface area contributed by atoms with E-state index in [-0.39, 0.29) is 10.9 Å². The summed E-state index contributed by atoms with van der Waals surface area (Å²) in [5.41, 5.74) is 11.2. The van der Waals surface area contributed by atoms with E-state index in [4.69, 9.17) is 11.5 Å². The van der Waals surface area contributed by atoms with Crippen LogP contribution >= 0.6 is 0 Å². The Morgan fingerprint density at radius 3 is 2.20 bits per heavy atom. The maximum atomic E-state index is 11.1. The summed E-state index contributed by atoms with van der Waals surface area (Å²) in [7, 11) is -3.14. The predicted octanol–water partition coefficient (Wildman–Crippen LogP) is -0.136. The third kappa shape index (κ3) is 3.59. The minimum atomic E-state index is -3.14. The van der Waals surface area contributed by atoms with Crippen LogP contribution in [-0.4, -0.2) is 20.6 Å². The van der Waals surface area contributed by atoms with Crippen LogP contribution in [-0.2, 0) is 16.4 Å². The number of aliphatic imine (C=N–C) groups is 1. The Balaban J connectivity index is 2.87. The first-order valence-corrected chi connectivity index (χ1v) is 6.13. The van der Waals surface area contributed by atoms with Crippen molar-refractivity contribution in [1.29, 1.82) is 0 Å². The van der Waals surface area contributed by atoms with Crippen LogP contribution in [0.3, 0.4) is 0 Å². The highest BCUT2D eigenvalue weighted by molar-refractivity contribution is 7.90. The Hall–Kier alpha value is -1.56. The van der Waals surface area contributed by atoms with Gasteiger partial charge >= 0.3 is 0 Å². The molecule has 0 unspecified atom stereocenters. The topological polar surface area (TPSA) is 98.5 Å². The first kappa shape index (κ1) is 11.5. The highest BCUT2D eigenvalue weighted by Crippen LogP contribution is 2.10. The van der Waals surface area contributed by atoms with Crippen LogP contribution in [0, 0.1) is 0 Å². The van der Waals surface area contributed by atoms with Crippen LogP contribution in [0.4, 0.5) is 0 Å². The zero-order valence-electron chi connectivity index (χ0n) is 8.34. The molecule has 0 aliphatic rings. The van der Waals surface area contributed by atoms with Crippen molar-refractivity contribution in [2.75, 3.05) is 6.26 Å². The van der Waals surface area contributed by atoms with Gasteiger partial charge in [0.15, 0.2) is 15.8 Å². The molecule has 4 N–H and O–H groups in total. The molecule has 0 heterocycles. The monoisotopic (exact) mass is 227 g/mol. The molecule has 6 heteroatoms. The van der Waals surface area contributed by atoms with Gasteiger partial charge < -0.3 is 11.5 Å². The largest absolute Gasteiger partial charge is 0.370 e. The SMILES string of the molecule is CS(=O)(=O)c1ccc(CN=C(N)N)cc1. The zero-order valence-corrected chi connectivity index (χ0v) is 9.16. The summed E-state index contributed by atoms with van der Waals surface area (Å²) in [6, 6.07) is 6.44. The number of nitrogens with two attached hydrogens (primary N) is 2. The molecule has 15 heavy (non-hydrogen) atoms. The molecule has 1 aromatic rings. The number of sulfone groups is 1. The third-order valence-corrected chi connectivity index (χ3v) is 2.92. The molecule has 0 amide bonds. The van der Waals surface area contributed by atoms with Gasteiger partial charge in [-0.3, -0.25) is 0 Å². The number of hydrogen-bond donors (Lipinski definition) is 2. The summed E-state index contributed by atoms with van der Waals surface area (Å²) in [5.74, 6) is 0.0159. The van der Waals surface area contributed by atoms with Gasteiger partial charge in [-0.2, -0.15) is 0 Å². The molecule has 0 aromatic heterocycles. The second kappa shape index (κ2) is 4.31. The average Bonchev–Trinajstić information content (AvgIpc) is 2.14. The Labute approximate surface area is 88.7 Å². The molecule has 0 spiro atoms. The van der Waals surface area contributed by atoms with Crippen molar-refractivity contribution in [2.45, 2.75) is 11.4 Å². The maximum Gasteiger partial charge on any atom is 0.186 e. The van der Waals surface area contributed by atoms with Gasteiger partial charge in [0.25, 0.3) is 0 Å². The predicted molar refractivity (Wildman–Crippen MR) is 59.1 cm³/mol. The summed E-state index contributed by atoms with van der Waals surface area (Å²) in [4.78, 5) is 4.10. The summed E-state index contributed by atoms with van der Waals surface area (Å²) in [6.45, 7) is 0.354. The minimum absolute atomic E-state index is 0.0159. The molecule has 0 aliphatic heterocycles. The molecule has 0 saturated heterocycles. The van der Waals surface area contributed by atoms with Crippen molar-refractivity contribution >= 4 is 15.8 Å². The second-order valence-electron chi connectivity index (χ2n) is 3.16. The Morgan fingerprint density at radius 2 is 1.80 bits per heavy atom. The molecular formula is C9H13N3O2S. The van der Waals surface area contributed by atoms with Crippen molar-refractivity contribution in [1.82, 2.24) is 0 Å². The fourth-order valence-electron chi connectivity index (χ4n) is 1.02. The average molecular weight is 227 g/mol. The molecule has 0 fully saturated rings. The number of benzene rings is 1. The standard InChI is InChI=1S/C9H13N3O2S/c1-15(13,14)8-4-2-7(3-5-8)6-12-9(10)11/h2-5H,6H2,1H3,(H4,10,11,12). The number of rotatable bonds is 3. The van der Waals surface area contributed by atoms with Crippen molar-refractivity contribution < 1.29 is 8.42 Å². The van der Waals surface area contributed by atoms with Crippen LogP contribution < -0.4 is 11.5 Å². The van der Waals surface area contributed by atoms with Gasteiger partial charge in [0.1, 0.15) is 0 Å². The van der Waals surface area contributed by atoms with Gasteiger partial charge in [0.05, 0.1) is 11.4 Å². The van der Waals surface area contributed by atoms with Crippen LogP contribution in [0.25, 0.3) is 0 Å². The lowest BCUT2D eigenvalue weighted by molar-refractivity contribution is 0.602. The fourth-order valence-corrected chi connectivity index (χ4v) is 1.66. The van der Waals surface area contributed by atoms with Gasteiger partial charge in [-0.15, -0.1) is 0 Å². The van der Waals surface area contributed by atoms with Gasteiger partial charge in [-0.05, 0) is 17.7 Å². The molecule has 0 bridgehead atoms. The lowest BCUT2D eigenvalue weighted by atomic mass is 10.2. The van der Waals surface area contributed by atoms with E-state index in [1.54, 1.807) is 12.1 Å². The second-order valence-corrected chi connectivity index (χ2v) is 5.17. The van der Waals surface area contributed by atoms with E-state index >= 15 is 0 Å². The maximum absolute atomic E-state index is 11.1. The summed E-state index contributed by atoms with van der Waals surface area (Å²) in [5, 5.41) is 0. The van der Waals surface area contributed by atoms with E-state index < -0.39 is 9.84 Å². The van der Waals surface area contributed by atoms with E-state index in [9.17, 15) is 8.42 Å². The fraction of sp³-hybridized carbons (Fsp3) is 0.222. The zero-order chi connectivity index (χ0) is 11.5. The Morgan fingerprint density at radius 1 is 1.27 bits per heavy atom. The first-order chi connectivity index (χ1) is 6.89. The van der Waals surface area contributed by atoms with Gasteiger partial charge in [0, 0.05) is 6.26 Å². The van der Waals surface area contributed by atoms with Crippen molar-refractivity contribution in [3.8, 4) is 0 Å². The quantitative estimate of drug-likeness (QED) is 0.554. The number of nitrogens with zero attached hydrogens (tertiary/aromatic N) is 1. The van der Waals surface area contributed by atoms with Crippen molar-refractivity contribution in [2.24, 2.45) is 16.5 Å². The Bertz CT molecular complexity index is 459. The Kier molecular flexibility index (Phi) is 3.31. The molecule has 0 aliphatic carbocycles. The molecule has 1 aromatic carbocycles. The number of guanidine groups is 1. The van der Waals surface area contributed by atoms with Gasteiger partial charge in [-0.1, -0.05) is 12.1 Å². The lowest BCUT2D eigenvalue weighted by Crippen LogP contribution is -2.22. The lowest BCUT2D eigenvalue weighted by Gasteiger charge is -2.00. The van der Waals surface area contributed by atoms with Crippen LogP contribution in [0.2, 0.25) is 0 Å². The van der Waals surface area contributed by atoms with Gasteiger partial charge in [-0.25, -0.2) is 13.4 Å². The smallest absolute Gasteiger partial charge is 0.186 e. The van der Waals surface area contributed by atoms with Crippen LogP contribution in [0.5, 0.6) is 0 Å². The highest BCUT2D eigenvalue weighted by atomic mass is 32.2. The normalized spacial score (nSPS) is 11.0. The molecular weight excluding hydrogens is 214 g/mol. The molecule has 82 valence electrons.